The first kappa shape index (κ1) is 17.1. The molecule has 2 aromatic carbocycles. The van der Waals surface area contributed by atoms with Gasteiger partial charge in [0.05, 0.1) is 6.04 Å². The van der Waals surface area contributed by atoms with Crippen LogP contribution in [0.5, 0.6) is 0 Å². The Morgan fingerprint density at radius 3 is 2.68 bits per heavy atom. The average Bonchev–Trinajstić information content (AvgIpc) is 2.95. The van der Waals surface area contributed by atoms with E-state index in [-0.39, 0.29) is 6.42 Å². The van der Waals surface area contributed by atoms with Gasteiger partial charge in [-0.05, 0) is 35.7 Å². The number of hydrogen-bond donors (Lipinski definition) is 3. The number of halogens is 2. The van der Waals surface area contributed by atoms with Crippen LogP contribution in [0, 0.1) is 11.6 Å². The standard InChI is InChI=1S/C18H17F2N3O2/c19-14-6-5-11(7-15(14)20)9-23-10-12(8-16(21)18(24)22-25)13-3-1-2-4-17(13)23/h1-7,10,16,25H,8-9,21H2,(H,22,24)/t16-/m0/s1. The van der Waals surface area contributed by atoms with Crippen LogP contribution in [0.4, 0.5) is 8.78 Å². The molecule has 1 aromatic heterocycles. The highest BCUT2D eigenvalue weighted by atomic mass is 19.2. The molecule has 0 radical (unpaired) electrons. The molecule has 4 N–H and O–H groups in total. The van der Waals surface area contributed by atoms with Gasteiger partial charge in [0.2, 0.25) is 0 Å². The van der Waals surface area contributed by atoms with Crippen LogP contribution >= 0.6 is 0 Å². The van der Waals surface area contributed by atoms with Crippen LogP contribution in [0.15, 0.2) is 48.7 Å². The first-order valence-electron chi connectivity index (χ1n) is 7.70. The van der Waals surface area contributed by atoms with Gasteiger partial charge >= 0.3 is 0 Å². The third-order valence-electron chi connectivity index (χ3n) is 4.09. The van der Waals surface area contributed by atoms with E-state index in [4.69, 9.17) is 10.9 Å². The second kappa shape index (κ2) is 7.00. The summed E-state index contributed by atoms with van der Waals surface area (Å²) in [5.74, 6) is -2.45. The number of nitrogens with zero attached hydrogens (tertiary/aromatic N) is 1. The maximum absolute atomic E-state index is 13.4. The third kappa shape index (κ3) is 3.52. The molecule has 3 rings (SSSR count). The summed E-state index contributed by atoms with van der Waals surface area (Å²) in [5.41, 5.74) is 9.65. The van der Waals surface area contributed by atoms with Gasteiger partial charge in [-0.1, -0.05) is 24.3 Å². The van der Waals surface area contributed by atoms with Crippen LogP contribution in [-0.2, 0) is 17.8 Å². The lowest BCUT2D eigenvalue weighted by atomic mass is 10.1. The topological polar surface area (TPSA) is 80.3 Å². The molecule has 0 saturated carbocycles. The number of nitrogens with one attached hydrogen (secondary N) is 1. The molecule has 0 saturated heterocycles. The van der Waals surface area contributed by atoms with Crippen LogP contribution in [0.25, 0.3) is 10.9 Å². The van der Waals surface area contributed by atoms with Gasteiger partial charge in [0.1, 0.15) is 0 Å². The van der Waals surface area contributed by atoms with Gasteiger partial charge in [0.15, 0.2) is 11.6 Å². The molecule has 130 valence electrons. The molecule has 1 atom stereocenters. The molecule has 0 aliphatic carbocycles. The summed E-state index contributed by atoms with van der Waals surface area (Å²) in [6, 6.07) is 10.4. The number of nitrogens with two attached hydrogens (primary N) is 1. The number of amides is 1. The molecule has 0 bridgehead atoms. The van der Waals surface area contributed by atoms with Crippen molar-refractivity contribution in [2.24, 2.45) is 5.73 Å². The second-order valence-electron chi connectivity index (χ2n) is 5.83. The number of carbonyl (C=O) groups is 1. The van der Waals surface area contributed by atoms with Crippen LogP contribution in [0.2, 0.25) is 0 Å². The Balaban J connectivity index is 1.95. The molecular weight excluding hydrogens is 328 g/mol. The van der Waals surface area contributed by atoms with Gasteiger partial charge in [0, 0.05) is 23.6 Å². The number of fused-ring (bicyclic) bond motifs is 1. The molecule has 5 nitrogen and oxygen atoms in total. The van der Waals surface area contributed by atoms with Crippen LogP contribution < -0.4 is 11.2 Å². The smallest absolute Gasteiger partial charge is 0.260 e. The molecule has 0 aliphatic rings. The Kier molecular flexibility index (Phi) is 4.78. The Labute approximate surface area is 142 Å². The van der Waals surface area contributed by atoms with Gasteiger partial charge in [-0.15, -0.1) is 0 Å². The lowest BCUT2D eigenvalue weighted by Crippen LogP contribution is -2.40. The highest BCUT2D eigenvalue weighted by Gasteiger charge is 2.17. The number of carbonyl (C=O) groups excluding carboxylic acids is 1. The Morgan fingerprint density at radius 1 is 1.20 bits per heavy atom. The van der Waals surface area contributed by atoms with Gasteiger partial charge in [0.25, 0.3) is 5.91 Å². The van der Waals surface area contributed by atoms with Crippen LogP contribution in [0.1, 0.15) is 11.1 Å². The highest BCUT2D eigenvalue weighted by Crippen LogP contribution is 2.24. The Morgan fingerprint density at radius 2 is 1.96 bits per heavy atom. The SMILES string of the molecule is N[C@@H](Cc1cn(Cc2ccc(F)c(F)c2)c2ccccc12)C(=O)NO. The zero-order valence-corrected chi connectivity index (χ0v) is 13.2. The molecule has 7 heteroatoms. The first-order chi connectivity index (χ1) is 12.0. The molecule has 0 unspecified atom stereocenters. The van der Waals surface area contributed by atoms with Crippen molar-refractivity contribution in [1.82, 2.24) is 10.0 Å². The van der Waals surface area contributed by atoms with Gasteiger partial charge in [-0.25, -0.2) is 14.3 Å². The van der Waals surface area contributed by atoms with Gasteiger partial charge in [-0.2, -0.15) is 0 Å². The largest absolute Gasteiger partial charge is 0.343 e. The number of hydrogen-bond acceptors (Lipinski definition) is 3. The van der Waals surface area contributed by atoms with Crippen LogP contribution in [-0.4, -0.2) is 21.7 Å². The summed E-state index contributed by atoms with van der Waals surface area (Å²) in [6.45, 7) is 0.346. The fourth-order valence-electron chi connectivity index (χ4n) is 2.86. The zero-order valence-electron chi connectivity index (χ0n) is 13.2. The minimum Gasteiger partial charge on any atom is -0.343 e. The van der Waals surface area contributed by atoms with Crippen molar-refractivity contribution in [2.45, 2.75) is 19.0 Å². The maximum atomic E-state index is 13.4. The lowest BCUT2D eigenvalue weighted by molar-refractivity contribution is -0.130. The first-order valence-corrected chi connectivity index (χ1v) is 7.70. The predicted octanol–water partition coefficient (Wildman–Crippen LogP) is 2.34. The summed E-state index contributed by atoms with van der Waals surface area (Å²) in [5, 5.41) is 9.60. The van der Waals surface area contributed by atoms with Crippen molar-refractivity contribution in [2.75, 3.05) is 0 Å². The Bertz CT molecular complexity index is 924. The van der Waals surface area contributed by atoms with Gasteiger partial charge < -0.3 is 10.3 Å². The van der Waals surface area contributed by atoms with E-state index >= 15 is 0 Å². The van der Waals surface area contributed by atoms with Gasteiger partial charge in [-0.3, -0.25) is 10.0 Å². The van der Waals surface area contributed by atoms with E-state index in [0.717, 1.165) is 28.6 Å². The number of rotatable bonds is 5. The van der Waals surface area contributed by atoms with E-state index in [9.17, 15) is 13.6 Å². The van der Waals surface area contributed by atoms with E-state index in [0.29, 0.717) is 12.1 Å². The van der Waals surface area contributed by atoms with Crippen LogP contribution in [0.3, 0.4) is 0 Å². The van der Waals surface area contributed by atoms with Crippen molar-refractivity contribution in [1.29, 1.82) is 0 Å². The molecule has 1 heterocycles. The lowest BCUT2D eigenvalue weighted by Gasteiger charge is -2.08. The number of hydroxylamine groups is 1. The summed E-state index contributed by atoms with van der Waals surface area (Å²) in [6.07, 6.45) is 2.06. The molecule has 25 heavy (non-hydrogen) atoms. The number of benzene rings is 2. The van der Waals surface area contributed by atoms with Crippen molar-refractivity contribution in [3.8, 4) is 0 Å². The number of para-hydroxylation sites is 1. The molecule has 1 amide bonds. The summed E-state index contributed by atoms with van der Waals surface area (Å²) < 4.78 is 28.4. The van der Waals surface area contributed by atoms with E-state index < -0.39 is 23.6 Å². The predicted molar refractivity (Wildman–Crippen MR) is 89.0 cm³/mol. The molecule has 0 spiro atoms. The zero-order chi connectivity index (χ0) is 18.0. The quantitative estimate of drug-likeness (QED) is 0.490. The maximum Gasteiger partial charge on any atom is 0.260 e. The fraction of sp³-hybridized carbons (Fsp3) is 0.167. The summed E-state index contributed by atoms with van der Waals surface area (Å²) in [7, 11) is 0. The van der Waals surface area contributed by atoms with E-state index in [1.54, 1.807) is 5.48 Å². The molecule has 0 fully saturated rings. The number of aromatic nitrogens is 1. The van der Waals surface area contributed by atoms with Crippen molar-refractivity contribution in [3.63, 3.8) is 0 Å². The highest BCUT2D eigenvalue weighted by molar-refractivity contribution is 5.86. The summed E-state index contributed by atoms with van der Waals surface area (Å²) >= 11 is 0. The fourth-order valence-corrected chi connectivity index (χ4v) is 2.86. The minimum atomic E-state index is -0.896. The Hall–Kier alpha value is -2.77. The molecule has 0 aliphatic heterocycles. The van der Waals surface area contributed by atoms with E-state index in [2.05, 4.69) is 0 Å². The summed E-state index contributed by atoms with van der Waals surface area (Å²) in [4.78, 5) is 11.4. The van der Waals surface area contributed by atoms with Crippen molar-refractivity contribution >= 4 is 16.8 Å². The van der Waals surface area contributed by atoms with Crippen molar-refractivity contribution < 1.29 is 18.8 Å². The second-order valence-corrected chi connectivity index (χ2v) is 5.83. The monoisotopic (exact) mass is 345 g/mol. The molecular formula is C18H17F2N3O2. The normalized spacial score (nSPS) is 12.3. The van der Waals surface area contributed by atoms with E-state index in [1.165, 1.54) is 6.07 Å². The minimum absolute atomic E-state index is 0.234. The van der Waals surface area contributed by atoms with Crippen molar-refractivity contribution in [3.05, 3.63) is 71.4 Å². The average molecular weight is 345 g/mol. The molecule has 3 aromatic rings. The van der Waals surface area contributed by atoms with E-state index in [1.807, 2.05) is 35.0 Å². The third-order valence-corrected chi connectivity index (χ3v) is 4.09.